The quantitative estimate of drug-likeness (QED) is 0.626. The minimum absolute atomic E-state index is 0.0625. The normalized spacial score (nSPS) is 9.84. The lowest BCUT2D eigenvalue weighted by molar-refractivity contribution is 0.0465. The van der Waals surface area contributed by atoms with E-state index in [4.69, 9.17) is 9.84 Å². The highest BCUT2D eigenvalue weighted by Gasteiger charge is 2.10. The Morgan fingerprint density at radius 1 is 1.00 bits per heavy atom. The van der Waals surface area contributed by atoms with Gasteiger partial charge in [0, 0.05) is 11.4 Å². The van der Waals surface area contributed by atoms with Gasteiger partial charge in [-0.2, -0.15) is 10.2 Å². The van der Waals surface area contributed by atoms with Gasteiger partial charge >= 0.3 is 11.9 Å². The summed E-state index contributed by atoms with van der Waals surface area (Å²) in [6.45, 7) is 3.85. The van der Waals surface area contributed by atoms with E-state index in [1.807, 2.05) is 37.3 Å². The smallest absolute Gasteiger partial charge is 0.359 e. The van der Waals surface area contributed by atoms with Gasteiger partial charge in [0.05, 0.1) is 0 Å². The third-order valence-electron chi connectivity index (χ3n) is 3.05. The first-order valence-corrected chi connectivity index (χ1v) is 7.44. The number of aromatic amines is 2. The molecule has 0 aliphatic rings. The molecule has 0 atom stereocenters. The molecule has 0 fully saturated rings. The van der Waals surface area contributed by atoms with Gasteiger partial charge in [0.15, 0.2) is 11.4 Å². The number of nitrogens with zero attached hydrogens (tertiary/aromatic N) is 2. The molecule has 3 aromatic rings. The summed E-state index contributed by atoms with van der Waals surface area (Å²) in [4.78, 5) is 21.7. The number of rotatable bonds is 4. The number of carbonyl (C=O) groups excluding carboxylic acids is 1. The molecule has 0 bridgehead atoms. The minimum atomic E-state index is -1.00. The van der Waals surface area contributed by atoms with Gasteiger partial charge in [-0.3, -0.25) is 10.2 Å². The van der Waals surface area contributed by atoms with Gasteiger partial charge in [-0.05, 0) is 31.5 Å². The van der Waals surface area contributed by atoms with Crippen LogP contribution >= 0.6 is 0 Å². The molecule has 0 saturated heterocycles. The van der Waals surface area contributed by atoms with Gasteiger partial charge in [0.25, 0.3) is 0 Å². The van der Waals surface area contributed by atoms with Crippen molar-refractivity contribution >= 4 is 11.9 Å². The number of carboxylic acids is 1. The zero-order chi connectivity index (χ0) is 18.2. The lowest BCUT2D eigenvalue weighted by atomic mass is 10.2. The van der Waals surface area contributed by atoms with Crippen LogP contribution in [-0.4, -0.2) is 37.4 Å². The van der Waals surface area contributed by atoms with Gasteiger partial charge in [0.1, 0.15) is 6.61 Å². The molecule has 2 aromatic heterocycles. The molecule has 130 valence electrons. The summed E-state index contributed by atoms with van der Waals surface area (Å²) in [6.07, 6.45) is 0. The highest BCUT2D eigenvalue weighted by Crippen LogP contribution is 2.05. The van der Waals surface area contributed by atoms with Crippen LogP contribution in [0.1, 0.15) is 37.9 Å². The van der Waals surface area contributed by atoms with Crippen molar-refractivity contribution in [3.8, 4) is 0 Å². The number of aromatic carboxylic acids is 1. The fourth-order valence-corrected chi connectivity index (χ4v) is 1.85. The summed E-state index contributed by atoms with van der Waals surface area (Å²) >= 11 is 0. The van der Waals surface area contributed by atoms with Gasteiger partial charge in [-0.1, -0.05) is 30.3 Å². The summed E-state index contributed by atoms with van der Waals surface area (Å²) in [5, 5.41) is 20.9. The van der Waals surface area contributed by atoms with Crippen LogP contribution in [0.2, 0.25) is 0 Å². The second-order valence-corrected chi connectivity index (χ2v) is 5.24. The predicted octanol–water partition coefficient (Wildman–Crippen LogP) is 2.49. The molecular formula is C17H18N4O4. The molecule has 0 saturated carbocycles. The van der Waals surface area contributed by atoms with E-state index < -0.39 is 11.9 Å². The highest BCUT2D eigenvalue weighted by atomic mass is 16.5. The van der Waals surface area contributed by atoms with Crippen LogP contribution in [0.25, 0.3) is 0 Å². The molecule has 0 radical (unpaired) electrons. The standard InChI is InChI=1S/C12H12N2O2.C5H6N2O2/c1-9-7-11(14-13-9)12(15)16-8-10-5-3-2-4-6-10;1-3-2-4(5(8)9)7-6-3/h2-7H,8H2,1H3,(H,13,14);2H,1H3,(H,6,7)(H,8,9). The summed E-state index contributed by atoms with van der Waals surface area (Å²) in [6, 6.07) is 12.7. The molecule has 25 heavy (non-hydrogen) atoms. The topological polar surface area (TPSA) is 121 Å². The molecule has 3 rings (SSSR count). The van der Waals surface area contributed by atoms with Crippen molar-refractivity contribution in [2.24, 2.45) is 0 Å². The van der Waals surface area contributed by atoms with Crippen molar-refractivity contribution in [2.75, 3.05) is 0 Å². The first kappa shape index (κ1) is 17.9. The zero-order valence-electron chi connectivity index (χ0n) is 13.8. The average Bonchev–Trinajstić information content (AvgIpc) is 3.23. The van der Waals surface area contributed by atoms with Crippen LogP contribution < -0.4 is 0 Å². The second-order valence-electron chi connectivity index (χ2n) is 5.24. The Morgan fingerprint density at radius 2 is 1.56 bits per heavy atom. The molecule has 0 aliphatic carbocycles. The Kier molecular flexibility index (Phi) is 6.05. The van der Waals surface area contributed by atoms with E-state index in [0.717, 1.165) is 17.0 Å². The number of benzene rings is 1. The zero-order valence-corrected chi connectivity index (χ0v) is 13.8. The van der Waals surface area contributed by atoms with Gasteiger partial charge in [-0.25, -0.2) is 9.59 Å². The van der Waals surface area contributed by atoms with Crippen molar-refractivity contribution in [2.45, 2.75) is 20.5 Å². The van der Waals surface area contributed by atoms with Crippen LogP contribution in [-0.2, 0) is 11.3 Å². The van der Waals surface area contributed by atoms with Crippen molar-refractivity contribution in [3.05, 3.63) is 70.8 Å². The Labute approximate surface area is 143 Å². The van der Waals surface area contributed by atoms with Gasteiger partial charge in [-0.15, -0.1) is 0 Å². The summed E-state index contributed by atoms with van der Waals surface area (Å²) in [5.41, 5.74) is 2.93. The fraction of sp³-hybridized carbons (Fsp3) is 0.176. The fourth-order valence-electron chi connectivity index (χ4n) is 1.85. The lowest BCUT2D eigenvalue weighted by Crippen LogP contribution is -2.05. The van der Waals surface area contributed by atoms with Crippen LogP contribution in [0.5, 0.6) is 0 Å². The molecule has 0 amide bonds. The SMILES string of the molecule is Cc1cc(C(=O)O)n[nH]1.Cc1cc(C(=O)OCc2ccccc2)n[nH]1. The molecule has 2 heterocycles. The van der Waals surface area contributed by atoms with E-state index >= 15 is 0 Å². The Morgan fingerprint density at radius 3 is 2.00 bits per heavy atom. The average molecular weight is 342 g/mol. The van der Waals surface area contributed by atoms with E-state index in [-0.39, 0.29) is 12.3 Å². The third-order valence-corrected chi connectivity index (χ3v) is 3.05. The molecular weight excluding hydrogens is 324 g/mol. The van der Waals surface area contributed by atoms with Crippen molar-refractivity contribution in [1.82, 2.24) is 20.4 Å². The number of ether oxygens (including phenoxy) is 1. The molecule has 8 heteroatoms. The van der Waals surface area contributed by atoms with E-state index in [2.05, 4.69) is 20.4 Å². The van der Waals surface area contributed by atoms with E-state index in [1.165, 1.54) is 6.07 Å². The Bertz CT molecular complexity index is 839. The first-order valence-electron chi connectivity index (χ1n) is 7.44. The lowest BCUT2D eigenvalue weighted by Gasteiger charge is -2.02. The number of hydrogen-bond donors (Lipinski definition) is 3. The number of H-pyrrole nitrogens is 2. The first-order chi connectivity index (χ1) is 12.0. The predicted molar refractivity (Wildman–Crippen MR) is 89.2 cm³/mol. The van der Waals surface area contributed by atoms with Crippen molar-refractivity contribution in [3.63, 3.8) is 0 Å². The van der Waals surface area contributed by atoms with Gasteiger partial charge in [0.2, 0.25) is 0 Å². The molecule has 8 nitrogen and oxygen atoms in total. The third kappa shape index (κ3) is 5.61. The monoisotopic (exact) mass is 342 g/mol. The number of nitrogens with one attached hydrogen (secondary N) is 2. The van der Waals surface area contributed by atoms with Crippen molar-refractivity contribution in [1.29, 1.82) is 0 Å². The molecule has 1 aromatic carbocycles. The second kappa shape index (κ2) is 8.44. The van der Waals surface area contributed by atoms with E-state index in [1.54, 1.807) is 13.0 Å². The molecule has 0 spiro atoms. The van der Waals surface area contributed by atoms with Crippen LogP contribution in [0.4, 0.5) is 0 Å². The van der Waals surface area contributed by atoms with Crippen LogP contribution in [0.15, 0.2) is 42.5 Å². The Hall–Kier alpha value is -3.42. The maximum atomic E-state index is 11.5. The molecule has 3 N–H and O–H groups in total. The minimum Gasteiger partial charge on any atom is -0.476 e. The summed E-state index contributed by atoms with van der Waals surface area (Å²) < 4.78 is 5.11. The number of hydrogen-bond acceptors (Lipinski definition) is 5. The number of aromatic nitrogens is 4. The van der Waals surface area contributed by atoms with Gasteiger partial charge < -0.3 is 9.84 Å². The molecule has 0 unspecified atom stereocenters. The van der Waals surface area contributed by atoms with E-state index in [0.29, 0.717) is 5.69 Å². The maximum Gasteiger partial charge on any atom is 0.359 e. The van der Waals surface area contributed by atoms with Crippen LogP contribution in [0, 0.1) is 13.8 Å². The number of esters is 1. The van der Waals surface area contributed by atoms with Crippen LogP contribution in [0.3, 0.4) is 0 Å². The highest BCUT2D eigenvalue weighted by molar-refractivity contribution is 5.87. The van der Waals surface area contributed by atoms with E-state index in [9.17, 15) is 9.59 Å². The molecule has 0 aliphatic heterocycles. The number of carbonyl (C=O) groups is 2. The number of aryl methyl sites for hydroxylation is 2. The summed E-state index contributed by atoms with van der Waals surface area (Å²) in [7, 11) is 0. The number of carboxylic acid groups (broad SMARTS) is 1. The maximum absolute atomic E-state index is 11.5. The summed E-state index contributed by atoms with van der Waals surface area (Å²) in [5.74, 6) is -1.41. The Balaban J connectivity index is 0.000000212. The largest absolute Gasteiger partial charge is 0.476 e. The van der Waals surface area contributed by atoms with Crippen molar-refractivity contribution < 1.29 is 19.4 Å².